The maximum atomic E-state index is 13.6. The van der Waals surface area contributed by atoms with Gasteiger partial charge in [-0.2, -0.15) is 0 Å². The number of nitrogens with one attached hydrogen (secondary N) is 2. The number of thiazole rings is 1. The van der Waals surface area contributed by atoms with Crippen LogP contribution < -0.4 is 10.6 Å². The Kier molecular flexibility index (Phi) is 7.00. The molecule has 0 aliphatic heterocycles. The molecule has 2 amide bonds. The van der Waals surface area contributed by atoms with Gasteiger partial charge >= 0.3 is 0 Å². The lowest BCUT2D eigenvalue weighted by Crippen LogP contribution is -2.15. The predicted molar refractivity (Wildman–Crippen MR) is 116 cm³/mol. The molecular formula is C21H20FN3O2S2. The number of nitrogens with zero attached hydrogens (tertiary/aromatic N) is 1. The first kappa shape index (κ1) is 21.0. The van der Waals surface area contributed by atoms with Gasteiger partial charge in [0.25, 0.3) is 0 Å². The predicted octanol–water partition coefficient (Wildman–Crippen LogP) is 4.81. The van der Waals surface area contributed by atoms with Crippen LogP contribution in [0.4, 0.5) is 15.8 Å². The Morgan fingerprint density at radius 2 is 1.72 bits per heavy atom. The molecule has 2 aromatic carbocycles. The van der Waals surface area contributed by atoms with Crippen LogP contribution in [0.5, 0.6) is 0 Å². The Morgan fingerprint density at radius 1 is 1.03 bits per heavy atom. The summed E-state index contributed by atoms with van der Waals surface area (Å²) < 4.78 is 14.3. The van der Waals surface area contributed by atoms with Crippen molar-refractivity contribution >= 4 is 46.3 Å². The largest absolute Gasteiger partial charge is 0.326 e. The van der Waals surface area contributed by atoms with Crippen LogP contribution in [0.1, 0.15) is 16.8 Å². The summed E-state index contributed by atoms with van der Waals surface area (Å²) >= 11 is 2.70. The highest BCUT2D eigenvalue weighted by Crippen LogP contribution is 2.23. The van der Waals surface area contributed by atoms with Crippen molar-refractivity contribution in [1.29, 1.82) is 0 Å². The van der Waals surface area contributed by atoms with E-state index in [9.17, 15) is 14.0 Å². The number of hydrogen-bond acceptors (Lipinski definition) is 5. The molecule has 1 aromatic heterocycles. The fourth-order valence-electron chi connectivity index (χ4n) is 2.44. The molecule has 0 saturated carbocycles. The number of aromatic nitrogens is 1. The van der Waals surface area contributed by atoms with Gasteiger partial charge in [-0.15, -0.1) is 11.3 Å². The molecule has 0 aliphatic carbocycles. The lowest BCUT2D eigenvalue weighted by molar-refractivity contribution is -0.116. The summed E-state index contributed by atoms with van der Waals surface area (Å²) in [7, 11) is 0. The van der Waals surface area contributed by atoms with Gasteiger partial charge < -0.3 is 10.6 Å². The van der Waals surface area contributed by atoms with Crippen LogP contribution in [-0.4, -0.2) is 22.6 Å². The van der Waals surface area contributed by atoms with E-state index in [-0.39, 0.29) is 29.8 Å². The van der Waals surface area contributed by atoms with Gasteiger partial charge in [0.05, 0.1) is 17.9 Å². The standard InChI is InChI=1S/C21H20FN3O2S2/c1-13-3-6-15(7-4-13)23-20(27)12-29-21-25-17(11-28-21)10-19(26)24-16-8-5-14(2)18(22)9-16/h3-9,11H,10,12H2,1-2H3,(H,23,27)(H,24,26). The fraction of sp³-hybridized carbons (Fsp3) is 0.190. The molecule has 3 aromatic rings. The van der Waals surface area contributed by atoms with Crippen molar-refractivity contribution in [2.45, 2.75) is 24.6 Å². The number of halogens is 1. The van der Waals surface area contributed by atoms with Crippen LogP contribution >= 0.6 is 23.1 Å². The molecule has 0 radical (unpaired) electrons. The van der Waals surface area contributed by atoms with Crippen LogP contribution in [0.2, 0.25) is 0 Å². The first-order chi connectivity index (χ1) is 13.9. The van der Waals surface area contributed by atoms with Gasteiger partial charge in [0.1, 0.15) is 5.82 Å². The van der Waals surface area contributed by atoms with E-state index < -0.39 is 0 Å². The lowest BCUT2D eigenvalue weighted by atomic mass is 10.2. The molecule has 29 heavy (non-hydrogen) atoms. The third kappa shape index (κ3) is 6.40. The van der Waals surface area contributed by atoms with Gasteiger partial charge in [0, 0.05) is 16.8 Å². The average molecular weight is 430 g/mol. The van der Waals surface area contributed by atoms with Crippen LogP contribution in [0, 0.1) is 19.7 Å². The summed E-state index contributed by atoms with van der Waals surface area (Å²) in [6.45, 7) is 3.65. The van der Waals surface area contributed by atoms with Crippen molar-refractivity contribution in [2.24, 2.45) is 0 Å². The molecule has 3 rings (SSSR count). The van der Waals surface area contributed by atoms with E-state index in [1.165, 1.54) is 29.2 Å². The normalized spacial score (nSPS) is 10.6. The van der Waals surface area contributed by atoms with E-state index in [1.54, 1.807) is 24.4 Å². The minimum atomic E-state index is -0.362. The monoisotopic (exact) mass is 429 g/mol. The van der Waals surface area contributed by atoms with Crippen molar-refractivity contribution in [2.75, 3.05) is 16.4 Å². The van der Waals surface area contributed by atoms with Crippen molar-refractivity contribution in [3.63, 3.8) is 0 Å². The molecule has 2 N–H and O–H groups in total. The zero-order valence-corrected chi connectivity index (χ0v) is 17.6. The number of carbonyl (C=O) groups is 2. The summed E-state index contributed by atoms with van der Waals surface area (Å²) in [5.74, 6) is -0.517. The van der Waals surface area contributed by atoms with Crippen LogP contribution in [-0.2, 0) is 16.0 Å². The molecule has 5 nitrogen and oxygen atoms in total. The fourth-order valence-corrected chi connectivity index (χ4v) is 4.08. The smallest absolute Gasteiger partial charge is 0.234 e. The minimum absolute atomic E-state index is 0.0854. The molecule has 0 bridgehead atoms. The van der Waals surface area contributed by atoms with Gasteiger partial charge in [0.2, 0.25) is 11.8 Å². The van der Waals surface area contributed by atoms with Crippen LogP contribution in [0.3, 0.4) is 0 Å². The van der Waals surface area contributed by atoms with E-state index in [0.717, 1.165) is 11.3 Å². The Hall–Kier alpha value is -2.71. The maximum absolute atomic E-state index is 13.6. The molecular weight excluding hydrogens is 409 g/mol. The zero-order chi connectivity index (χ0) is 20.8. The summed E-state index contributed by atoms with van der Waals surface area (Å²) in [5.41, 5.74) is 3.43. The van der Waals surface area contributed by atoms with E-state index in [0.29, 0.717) is 21.3 Å². The minimum Gasteiger partial charge on any atom is -0.326 e. The van der Waals surface area contributed by atoms with Crippen molar-refractivity contribution in [3.8, 4) is 0 Å². The topological polar surface area (TPSA) is 71.1 Å². The van der Waals surface area contributed by atoms with Crippen molar-refractivity contribution in [1.82, 2.24) is 4.98 Å². The highest BCUT2D eigenvalue weighted by Gasteiger charge is 2.11. The summed E-state index contributed by atoms with van der Waals surface area (Å²) in [5, 5.41) is 7.29. The first-order valence-corrected chi connectivity index (χ1v) is 10.8. The quantitative estimate of drug-likeness (QED) is 0.529. The van der Waals surface area contributed by atoms with Crippen molar-refractivity contribution in [3.05, 3.63) is 70.5 Å². The van der Waals surface area contributed by atoms with Crippen LogP contribution in [0.15, 0.2) is 52.2 Å². The third-order valence-electron chi connectivity index (χ3n) is 3.99. The van der Waals surface area contributed by atoms with Gasteiger partial charge in [-0.05, 0) is 43.7 Å². The van der Waals surface area contributed by atoms with Crippen LogP contribution in [0.25, 0.3) is 0 Å². The Labute approximate surface area is 176 Å². The number of thioether (sulfide) groups is 1. The molecule has 0 atom stereocenters. The van der Waals surface area contributed by atoms with E-state index in [4.69, 9.17) is 0 Å². The molecule has 0 fully saturated rings. The molecule has 1 heterocycles. The van der Waals surface area contributed by atoms with Gasteiger partial charge in [-0.3, -0.25) is 9.59 Å². The number of rotatable bonds is 7. The number of amides is 2. The summed E-state index contributed by atoms with van der Waals surface area (Å²) in [6, 6.07) is 12.2. The molecule has 150 valence electrons. The van der Waals surface area contributed by atoms with Gasteiger partial charge in [-0.1, -0.05) is 35.5 Å². The Bertz CT molecular complexity index is 1020. The number of benzene rings is 2. The Balaban J connectivity index is 1.47. The molecule has 0 unspecified atom stereocenters. The average Bonchev–Trinajstić information content (AvgIpc) is 3.12. The molecule has 0 spiro atoms. The highest BCUT2D eigenvalue weighted by molar-refractivity contribution is 8.01. The SMILES string of the molecule is Cc1ccc(NC(=O)CSc2nc(CC(=O)Nc3ccc(C)c(F)c3)cs2)cc1. The number of carbonyl (C=O) groups excluding carboxylic acids is 2. The lowest BCUT2D eigenvalue weighted by Gasteiger charge is -2.05. The molecule has 0 aliphatic rings. The second kappa shape index (κ2) is 9.67. The molecule has 0 saturated heterocycles. The Morgan fingerprint density at radius 3 is 2.45 bits per heavy atom. The summed E-state index contributed by atoms with van der Waals surface area (Å²) in [4.78, 5) is 28.6. The first-order valence-electron chi connectivity index (χ1n) is 8.89. The maximum Gasteiger partial charge on any atom is 0.234 e. The second-order valence-electron chi connectivity index (χ2n) is 6.50. The number of hydrogen-bond donors (Lipinski definition) is 2. The number of aryl methyl sites for hydroxylation is 2. The molecule has 8 heteroatoms. The second-order valence-corrected chi connectivity index (χ2v) is 8.58. The van der Waals surface area contributed by atoms with Gasteiger partial charge in [0.15, 0.2) is 4.34 Å². The third-order valence-corrected chi connectivity index (χ3v) is 6.06. The van der Waals surface area contributed by atoms with E-state index >= 15 is 0 Å². The van der Waals surface area contributed by atoms with E-state index in [2.05, 4.69) is 15.6 Å². The highest BCUT2D eigenvalue weighted by atomic mass is 32.2. The van der Waals surface area contributed by atoms with Gasteiger partial charge in [-0.25, -0.2) is 9.37 Å². The summed E-state index contributed by atoms with van der Waals surface area (Å²) in [6.07, 6.45) is 0.0854. The van der Waals surface area contributed by atoms with Crippen molar-refractivity contribution < 1.29 is 14.0 Å². The van der Waals surface area contributed by atoms with E-state index in [1.807, 2.05) is 31.2 Å². The number of anilines is 2. The zero-order valence-electron chi connectivity index (χ0n) is 16.0.